The number of carbonyl (C=O) groups is 1. The van der Waals surface area contributed by atoms with E-state index in [4.69, 9.17) is 0 Å². The summed E-state index contributed by atoms with van der Waals surface area (Å²) >= 11 is 0. The number of rotatable bonds is 2. The molecule has 2 aliphatic rings. The van der Waals surface area contributed by atoms with E-state index >= 15 is 0 Å². The van der Waals surface area contributed by atoms with Crippen molar-refractivity contribution >= 4 is 15.9 Å². The van der Waals surface area contributed by atoms with E-state index in [0.717, 1.165) is 22.5 Å². The number of hydrogen-bond donors (Lipinski definition) is 0. The quantitative estimate of drug-likeness (QED) is 0.834. The Hall–Kier alpha value is -1.50. The molecule has 1 saturated heterocycles. The lowest BCUT2D eigenvalue weighted by atomic mass is 10.1. The zero-order chi connectivity index (χ0) is 14.5. The lowest BCUT2D eigenvalue weighted by Crippen LogP contribution is -2.34. The summed E-state index contributed by atoms with van der Waals surface area (Å²) in [5, 5.41) is 0. The van der Waals surface area contributed by atoms with E-state index in [-0.39, 0.29) is 17.9 Å². The van der Waals surface area contributed by atoms with Gasteiger partial charge >= 0.3 is 0 Å². The number of halogens is 2. The topological polar surface area (TPSA) is 54.5 Å². The molecule has 0 radical (unpaired) electrons. The maximum Gasteiger partial charge on any atom is 0.239 e. The minimum Gasteiger partial charge on any atom is -0.273 e. The molecule has 2 fully saturated rings. The maximum atomic E-state index is 13.6. The van der Waals surface area contributed by atoms with E-state index < -0.39 is 39.4 Å². The van der Waals surface area contributed by atoms with Crippen LogP contribution in [-0.2, 0) is 14.8 Å². The largest absolute Gasteiger partial charge is 0.273 e. The summed E-state index contributed by atoms with van der Waals surface area (Å²) in [6, 6.07) is 3.12. The first-order chi connectivity index (χ1) is 9.40. The van der Waals surface area contributed by atoms with E-state index in [1.807, 2.05) is 0 Å². The number of benzene rings is 1. The molecule has 1 heterocycles. The predicted molar refractivity (Wildman–Crippen MR) is 67.3 cm³/mol. The standard InChI is InChI=1S/C13H13F2NO3S/c14-8-2-3-12(15)10(6-8)9-7-11(9)13(17)16-4-1-5-20(16,18)19/h2-3,6,9,11H,1,4-5,7H2. The van der Waals surface area contributed by atoms with Gasteiger partial charge in [-0.05, 0) is 42.5 Å². The first kappa shape index (κ1) is 13.5. The monoisotopic (exact) mass is 301 g/mol. The molecule has 0 aromatic heterocycles. The van der Waals surface area contributed by atoms with Crippen LogP contribution in [0.15, 0.2) is 18.2 Å². The van der Waals surface area contributed by atoms with Crippen molar-refractivity contribution in [3.05, 3.63) is 35.4 Å². The summed E-state index contributed by atoms with van der Waals surface area (Å²) < 4.78 is 51.0. The molecular weight excluding hydrogens is 288 g/mol. The first-order valence-corrected chi connectivity index (χ1v) is 8.00. The third-order valence-corrected chi connectivity index (χ3v) is 5.65. The number of amides is 1. The summed E-state index contributed by atoms with van der Waals surface area (Å²) in [4.78, 5) is 12.1. The minimum atomic E-state index is -3.50. The van der Waals surface area contributed by atoms with Gasteiger partial charge in [0.25, 0.3) is 0 Å². The lowest BCUT2D eigenvalue weighted by molar-refractivity contribution is -0.127. The van der Waals surface area contributed by atoms with Crippen LogP contribution >= 0.6 is 0 Å². The van der Waals surface area contributed by atoms with Crippen molar-refractivity contribution in [1.29, 1.82) is 0 Å². The summed E-state index contributed by atoms with van der Waals surface area (Å²) in [6.45, 7) is 0.190. The fourth-order valence-electron chi connectivity index (χ4n) is 2.68. The molecule has 2 unspecified atom stereocenters. The molecular formula is C13H13F2NO3S. The summed E-state index contributed by atoms with van der Waals surface area (Å²) in [5.41, 5.74) is 0.153. The van der Waals surface area contributed by atoms with Crippen molar-refractivity contribution in [2.24, 2.45) is 5.92 Å². The van der Waals surface area contributed by atoms with E-state index in [2.05, 4.69) is 0 Å². The molecule has 0 N–H and O–H groups in total. The molecule has 2 atom stereocenters. The second-order valence-corrected chi connectivity index (χ2v) is 7.21. The van der Waals surface area contributed by atoms with E-state index in [0.29, 0.717) is 12.8 Å². The van der Waals surface area contributed by atoms with Crippen LogP contribution < -0.4 is 0 Å². The number of carbonyl (C=O) groups excluding carboxylic acids is 1. The van der Waals surface area contributed by atoms with Crippen LogP contribution in [0.4, 0.5) is 8.78 Å². The highest BCUT2D eigenvalue weighted by Gasteiger charge is 2.50. The van der Waals surface area contributed by atoms with E-state index in [9.17, 15) is 22.0 Å². The van der Waals surface area contributed by atoms with Gasteiger partial charge in [0.1, 0.15) is 11.6 Å². The van der Waals surface area contributed by atoms with Gasteiger partial charge in [0.05, 0.1) is 5.75 Å². The van der Waals surface area contributed by atoms with Crippen LogP contribution in [0.2, 0.25) is 0 Å². The maximum absolute atomic E-state index is 13.6. The van der Waals surface area contributed by atoms with Crippen LogP contribution in [0.1, 0.15) is 24.3 Å². The second-order valence-electron chi connectivity index (χ2n) is 5.19. The van der Waals surface area contributed by atoms with Crippen LogP contribution in [0.3, 0.4) is 0 Å². The normalized spacial score (nSPS) is 27.6. The molecule has 4 nitrogen and oxygen atoms in total. The summed E-state index contributed by atoms with van der Waals surface area (Å²) in [7, 11) is -3.50. The molecule has 7 heteroatoms. The average Bonchev–Trinajstić information content (AvgIpc) is 3.09. The fraction of sp³-hybridized carbons (Fsp3) is 0.462. The molecule has 1 amide bonds. The van der Waals surface area contributed by atoms with Crippen molar-refractivity contribution in [2.45, 2.75) is 18.8 Å². The Morgan fingerprint density at radius 1 is 1.30 bits per heavy atom. The highest BCUT2D eigenvalue weighted by Crippen LogP contribution is 2.49. The Morgan fingerprint density at radius 2 is 2.05 bits per heavy atom. The van der Waals surface area contributed by atoms with Crippen molar-refractivity contribution in [3.63, 3.8) is 0 Å². The zero-order valence-electron chi connectivity index (χ0n) is 10.6. The molecule has 20 heavy (non-hydrogen) atoms. The molecule has 1 aliphatic carbocycles. The third kappa shape index (κ3) is 2.19. The molecule has 1 aromatic rings. The van der Waals surface area contributed by atoms with Gasteiger partial charge in [0, 0.05) is 12.5 Å². The summed E-state index contributed by atoms with van der Waals surface area (Å²) in [6.07, 6.45) is 0.797. The third-order valence-electron chi connectivity index (χ3n) is 3.81. The van der Waals surface area contributed by atoms with E-state index in [1.54, 1.807) is 0 Å². The van der Waals surface area contributed by atoms with Crippen LogP contribution in [0.5, 0.6) is 0 Å². The van der Waals surface area contributed by atoms with Gasteiger partial charge in [-0.3, -0.25) is 4.79 Å². The lowest BCUT2D eigenvalue weighted by Gasteiger charge is -2.14. The Morgan fingerprint density at radius 3 is 2.70 bits per heavy atom. The van der Waals surface area contributed by atoms with Crippen molar-refractivity contribution < 1.29 is 22.0 Å². The molecule has 1 aliphatic heterocycles. The molecule has 1 saturated carbocycles. The van der Waals surface area contributed by atoms with Crippen LogP contribution in [0, 0.1) is 17.6 Å². The number of hydrogen-bond acceptors (Lipinski definition) is 3. The Bertz CT molecular complexity index is 674. The molecule has 3 rings (SSSR count). The Balaban J connectivity index is 1.79. The van der Waals surface area contributed by atoms with Crippen LogP contribution in [0.25, 0.3) is 0 Å². The van der Waals surface area contributed by atoms with Crippen molar-refractivity contribution in [1.82, 2.24) is 4.31 Å². The fourth-order valence-corrected chi connectivity index (χ4v) is 4.21. The molecule has 1 aromatic carbocycles. The highest BCUT2D eigenvalue weighted by molar-refractivity contribution is 7.89. The highest BCUT2D eigenvalue weighted by atomic mass is 32.2. The average molecular weight is 301 g/mol. The smallest absolute Gasteiger partial charge is 0.239 e. The first-order valence-electron chi connectivity index (χ1n) is 6.39. The summed E-state index contributed by atoms with van der Waals surface area (Å²) in [5.74, 6) is -2.61. The molecule has 108 valence electrons. The van der Waals surface area contributed by atoms with Gasteiger partial charge in [-0.15, -0.1) is 0 Å². The SMILES string of the molecule is O=C(C1CC1c1cc(F)ccc1F)N1CCCS1(=O)=O. The van der Waals surface area contributed by atoms with Gasteiger partial charge in [0.15, 0.2) is 0 Å². The van der Waals surface area contributed by atoms with E-state index in [1.165, 1.54) is 0 Å². The van der Waals surface area contributed by atoms with Crippen molar-refractivity contribution in [3.8, 4) is 0 Å². The Labute approximate surface area is 115 Å². The number of sulfonamides is 1. The van der Waals surface area contributed by atoms with Gasteiger partial charge in [0.2, 0.25) is 15.9 Å². The second kappa shape index (κ2) is 4.51. The Kier molecular flexibility index (Phi) is 3.04. The van der Waals surface area contributed by atoms with Gasteiger partial charge in [-0.25, -0.2) is 21.5 Å². The molecule has 0 spiro atoms. The van der Waals surface area contributed by atoms with Crippen molar-refractivity contribution in [2.75, 3.05) is 12.3 Å². The van der Waals surface area contributed by atoms with Gasteiger partial charge in [-0.2, -0.15) is 0 Å². The van der Waals surface area contributed by atoms with Gasteiger partial charge < -0.3 is 0 Å². The van der Waals surface area contributed by atoms with Crippen LogP contribution in [-0.4, -0.2) is 30.9 Å². The van der Waals surface area contributed by atoms with Gasteiger partial charge in [-0.1, -0.05) is 0 Å². The zero-order valence-corrected chi connectivity index (χ0v) is 11.4. The molecule has 0 bridgehead atoms. The predicted octanol–water partition coefficient (Wildman–Crippen LogP) is 1.63. The minimum absolute atomic E-state index is 0.0234. The number of nitrogens with zero attached hydrogens (tertiary/aromatic N) is 1.